The summed E-state index contributed by atoms with van der Waals surface area (Å²) in [5.74, 6) is -0.394. The van der Waals surface area contributed by atoms with Crippen LogP contribution >= 0.6 is 0 Å². The zero-order valence-electron chi connectivity index (χ0n) is 13.4. The van der Waals surface area contributed by atoms with E-state index < -0.39 is 10.9 Å². The summed E-state index contributed by atoms with van der Waals surface area (Å²) in [5, 5.41) is 10.9. The van der Waals surface area contributed by atoms with Gasteiger partial charge in [-0.15, -0.1) is 0 Å². The van der Waals surface area contributed by atoms with E-state index in [0.717, 1.165) is 0 Å². The number of carbonyl (C=O) groups is 2. The summed E-state index contributed by atoms with van der Waals surface area (Å²) in [6.07, 6.45) is 2.68. The number of ketones is 1. The molecule has 0 aliphatic rings. The van der Waals surface area contributed by atoms with Crippen molar-refractivity contribution >= 4 is 23.5 Å². The molecule has 0 aliphatic carbocycles. The van der Waals surface area contributed by atoms with Gasteiger partial charge in [-0.2, -0.15) is 0 Å². The zero-order valence-corrected chi connectivity index (χ0v) is 13.4. The predicted molar refractivity (Wildman–Crippen MR) is 90.4 cm³/mol. The van der Waals surface area contributed by atoms with E-state index in [9.17, 15) is 19.7 Å². The number of hydrogen-bond donors (Lipinski definition) is 0. The molecule has 0 atom stereocenters. The van der Waals surface area contributed by atoms with E-state index in [1.165, 1.54) is 25.3 Å². The molecule has 0 amide bonds. The lowest BCUT2D eigenvalue weighted by Crippen LogP contribution is -2.12. The largest absolute Gasteiger partial charge is 0.482 e. The number of para-hydroxylation sites is 1. The Morgan fingerprint density at radius 2 is 1.80 bits per heavy atom. The maximum Gasteiger partial charge on any atom is 0.343 e. The fourth-order valence-electron chi connectivity index (χ4n) is 1.97. The van der Waals surface area contributed by atoms with Crippen LogP contribution in [0, 0.1) is 10.1 Å². The smallest absolute Gasteiger partial charge is 0.343 e. The normalized spacial score (nSPS) is 10.4. The lowest BCUT2D eigenvalue weighted by Gasteiger charge is -2.05. The molecule has 0 radical (unpaired) electrons. The highest BCUT2D eigenvalue weighted by atomic mass is 16.6. The third kappa shape index (κ3) is 5.00. The number of carbonyl (C=O) groups excluding carboxylic acids is 2. The molecule has 0 aliphatic heterocycles. The number of hydrogen-bond acceptors (Lipinski definition) is 6. The molecule has 0 spiro atoms. The van der Waals surface area contributed by atoms with Crippen LogP contribution in [0.25, 0.3) is 6.08 Å². The first-order valence-electron chi connectivity index (χ1n) is 7.27. The first-order chi connectivity index (χ1) is 12.0. The Morgan fingerprint density at radius 1 is 1.12 bits per heavy atom. The number of nitrogens with zero attached hydrogens (tertiary/aromatic N) is 1. The van der Waals surface area contributed by atoms with Gasteiger partial charge in [-0.25, -0.2) is 4.79 Å². The van der Waals surface area contributed by atoms with Crippen molar-refractivity contribution in [3.8, 4) is 5.75 Å². The van der Waals surface area contributed by atoms with Crippen molar-refractivity contribution in [3.63, 3.8) is 0 Å². The molecule has 0 saturated carbocycles. The van der Waals surface area contributed by atoms with Gasteiger partial charge in [0.05, 0.1) is 17.6 Å². The van der Waals surface area contributed by atoms with Crippen LogP contribution < -0.4 is 4.74 Å². The minimum Gasteiger partial charge on any atom is -0.482 e. The van der Waals surface area contributed by atoms with E-state index >= 15 is 0 Å². The average Bonchev–Trinajstić information content (AvgIpc) is 2.64. The standard InChI is InChI=1S/C18H15NO6/c1-24-18(21)12-25-15-9-6-14(7-10-15)17(20)11-8-13-4-2-3-5-16(13)19(22)23/h2-11H,12H2,1H3/b11-8+. The second kappa shape index (κ2) is 8.39. The summed E-state index contributed by atoms with van der Waals surface area (Å²) in [4.78, 5) is 33.6. The molecule has 7 nitrogen and oxygen atoms in total. The Kier molecular flexibility index (Phi) is 6.00. The lowest BCUT2D eigenvalue weighted by molar-refractivity contribution is -0.385. The first-order valence-corrected chi connectivity index (χ1v) is 7.27. The third-order valence-electron chi connectivity index (χ3n) is 3.27. The van der Waals surface area contributed by atoms with Gasteiger partial charge in [0.1, 0.15) is 5.75 Å². The van der Waals surface area contributed by atoms with Crippen molar-refractivity contribution in [2.24, 2.45) is 0 Å². The molecule has 2 aromatic rings. The van der Waals surface area contributed by atoms with Gasteiger partial charge >= 0.3 is 5.97 Å². The molecule has 2 rings (SSSR count). The summed E-state index contributed by atoms with van der Waals surface area (Å²) in [6.45, 7) is -0.221. The summed E-state index contributed by atoms with van der Waals surface area (Å²) in [7, 11) is 1.26. The quantitative estimate of drug-likeness (QED) is 0.252. The minimum absolute atomic E-state index is 0.0712. The number of rotatable bonds is 7. The summed E-state index contributed by atoms with van der Waals surface area (Å²) < 4.78 is 9.65. The lowest BCUT2D eigenvalue weighted by atomic mass is 10.1. The third-order valence-corrected chi connectivity index (χ3v) is 3.27. The van der Waals surface area contributed by atoms with Crippen LogP contribution in [0.1, 0.15) is 15.9 Å². The van der Waals surface area contributed by atoms with Gasteiger partial charge in [-0.1, -0.05) is 12.1 Å². The van der Waals surface area contributed by atoms with Crippen molar-refractivity contribution < 1.29 is 24.0 Å². The van der Waals surface area contributed by atoms with E-state index in [1.807, 2.05) is 0 Å². The average molecular weight is 341 g/mol. The van der Waals surface area contributed by atoms with Gasteiger partial charge in [-0.05, 0) is 42.5 Å². The van der Waals surface area contributed by atoms with E-state index in [-0.39, 0.29) is 18.1 Å². The molecular weight excluding hydrogens is 326 g/mol. The molecule has 0 heterocycles. The predicted octanol–water partition coefficient (Wildman–Crippen LogP) is 3.04. The monoisotopic (exact) mass is 341 g/mol. The summed E-state index contributed by atoms with van der Waals surface area (Å²) >= 11 is 0. The Morgan fingerprint density at radius 3 is 2.44 bits per heavy atom. The van der Waals surface area contributed by atoms with Crippen LogP contribution in [-0.4, -0.2) is 30.4 Å². The zero-order chi connectivity index (χ0) is 18.2. The number of methoxy groups -OCH3 is 1. The maximum absolute atomic E-state index is 12.2. The van der Waals surface area contributed by atoms with Crippen LogP contribution in [0.4, 0.5) is 5.69 Å². The fraction of sp³-hybridized carbons (Fsp3) is 0.111. The number of nitro groups is 1. The molecular formula is C18H15NO6. The second-order valence-electron chi connectivity index (χ2n) is 4.90. The van der Waals surface area contributed by atoms with Gasteiger partial charge in [-0.3, -0.25) is 14.9 Å². The molecule has 0 aromatic heterocycles. The molecule has 2 aromatic carbocycles. The molecule has 0 saturated heterocycles. The van der Waals surface area contributed by atoms with Crippen LogP contribution in [-0.2, 0) is 9.53 Å². The molecule has 128 valence electrons. The minimum atomic E-state index is -0.507. The molecule has 0 unspecified atom stereocenters. The van der Waals surface area contributed by atoms with Gasteiger partial charge in [0, 0.05) is 11.6 Å². The van der Waals surface area contributed by atoms with Gasteiger partial charge in [0.2, 0.25) is 0 Å². The molecule has 25 heavy (non-hydrogen) atoms. The van der Waals surface area contributed by atoms with Crippen LogP contribution in [0.15, 0.2) is 54.6 Å². The topological polar surface area (TPSA) is 95.7 Å². The number of nitro benzene ring substituents is 1. The van der Waals surface area contributed by atoms with Crippen LogP contribution in [0.2, 0.25) is 0 Å². The van der Waals surface area contributed by atoms with Gasteiger partial charge in [0.15, 0.2) is 12.4 Å². The first kappa shape index (κ1) is 17.9. The SMILES string of the molecule is COC(=O)COc1ccc(C(=O)/C=C/c2ccccc2[N+](=O)[O-])cc1. The number of benzene rings is 2. The molecule has 7 heteroatoms. The van der Waals surface area contributed by atoms with Crippen molar-refractivity contribution in [1.82, 2.24) is 0 Å². The van der Waals surface area contributed by atoms with Crippen molar-refractivity contribution in [2.45, 2.75) is 0 Å². The molecule has 0 fully saturated rings. The van der Waals surface area contributed by atoms with Crippen LogP contribution in [0.3, 0.4) is 0 Å². The molecule has 0 bridgehead atoms. The second-order valence-corrected chi connectivity index (χ2v) is 4.90. The van der Waals surface area contributed by atoms with E-state index in [4.69, 9.17) is 4.74 Å². The Hall–Kier alpha value is -3.48. The summed E-state index contributed by atoms with van der Waals surface area (Å²) in [6, 6.07) is 12.3. The number of allylic oxidation sites excluding steroid dienone is 1. The van der Waals surface area contributed by atoms with Gasteiger partial charge < -0.3 is 9.47 Å². The number of esters is 1. The maximum atomic E-state index is 12.2. The van der Waals surface area contributed by atoms with Crippen molar-refractivity contribution in [1.29, 1.82) is 0 Å². The highest BCUT2D eigenvalue weighted by molar-refractivity contribution is 6.07. The Labute approximate surface area is 143 Å². The highest BCUT2D eigenvalue weighted by Gasteiger charge is 2.10. The summed E-state index contributed by atoms with van der Waals surface area (Å²) in [5.41, 5.74) is 0.664. The molecule has 0 N–H and O–H groups in total. The number of ether oxygens (including phenoxy) is 2. The van der Waals surface area contributed by atoms with Gasteiger partial charge in [0.25, 0.3) is 5.69 Å². The van der Waals surface area contributed by atoms with E-state index in [2.05, 4.69) is 4.74 Å². The highest BCUT2D eigenvalue weighted by Crippen LogP contribution is 2.19. The van der Waals surface area contributed by atoms with Crippen molar-refractivity contribution in [2.75, 3.05) is 13.7 Å². The Bertz CT molecular complexity index is 811. The van der Waals surface area contributed by atoms with E-state index in [0.29, 0.717) is 16.9 Å². The Balaban J connectivity index is 2.06. The van der Waals surface area contributed by atoms with E-state index in [1.54, 1.807) is 42.5 Å². The van der Waals surface area contributed by atoms with Crippen molar-refractivity contribution in [3.05, 3.63) is 75.8 Å². The fourth-order valence-corrected chi connectivity index (χ4v) is 1.97. The van der Waals surface area contributed by atoms with Crippen LogP contribution in [0.5, 0.6) is 5.75 Å².